The summed E-state index contributed by atoms with van der Waals surface area (Å²) in [7, 11) is 1.86. The average Bonchev–Trinajstić information content (AvgIpc) is 3.64. The molecule has 1 aliphatic carbocycles. The number of nitrogens with zero attached hydrogens (tertiary/aromatic N) is 2. The molecule has 1 aromatic carbocycles. The first kappa shape index (κ1) is 24.3. The molecule has 2 heterocycles. The highest BCUT2D eigenvalue weighted by Gasteiger charge is 2.41. The average molecular weight is 470 g/mol. The summed E-state index contributed by atoms with van der Waals surface area (Å²) in [5.74, 6) is -0.150. The Morgan fingerprint density at radius 3 is 2.65 bits per heavy atom. The number of nitrogens with one attached hydrogen (secondary N) is 1. The third kappa shape index (κ3) is 4.98. The van der Waals surface area contributed by atoms with Crippen LogP contribution in [0.25, 0.3) is 5.69 Å². The Hall–Kier alpha value is -2.84. The van der Waals surface area contributed by atoms with Crippen molar-refractivity contribution in [2.45, 2.75) is 51.7 Å². The molecular formula is C26H35N3O5. The standard InChI is InChI=1S/C26H35N3O5/c1-4-33-26-20(11-8-14-30)21(15-22(34-26)24(31)27-16-18-12-13-18)23-17(2)28(3)29(25(23)32)19-9-6-5-7-10-19/h5-7,9-10,15,18,20-21,26,30H,4,8,11-14,16H2,1-3H3,(H,27,31)/t20-,21+,26-/m1/s1. The topological polar surface area (TPSA) is 94.7 Å². The van der Waals surface area contributed by atoms with Crippen LogP contribution in [0.1, 0.15) is 49.8 Å². The van der Waals surface area contributed by atoms with Crippen molar-refractivity contribution in [3.8, 4) is 5.69 Å². The van der Waals surface area contributed by atoms with Crippen molar-refractivity contribution in [2.75, 3.05) is 19.8 Å². The van der Waals surface area contributed by atoms with Gasteiger partial charge in [0.2, 0.25) is 6.29 Å². The molecule has 0 radical (unpaired) electrons. The lowest BCUT2D eigenvalue weighted by Crippen LogP contribution is -2.40. The Morgan fingerprint density at radius 1 is 1.26 bits per heavy atom. The van der Waals surface area contributed by atoms with Gasteiger partial charge in [0.15, 0.2) is 5.76 Å². The first-order valence-corrected chi connectivity index (χ1v) is 12.2. The second-order valence-electron chi connectivity index (χ2n) is 9.16. The van der Waals surface area contributed by atoms with Crippen molar-refractivity contribution in [3.63, 3.8) is 0 Å². The van der Waals surface area contributed by atoms with Gasteiger partial charge in [0.1, 0.15) is 0 Å². The van der Waals surface area contributed by atoms with Crippen LogP contribution in [0.15, 0.2) is 47.0 Å². The Morgan fingerprint density at radius 2 is 2.00 bits per heavy atom. The van der Waals surface area contributed by atoms with E-state index in [0.29, 0.717) is 37.5 Å². The number of hydrogen-bond acceptors (Lipinski definition) is 5. The van der Waals surface area contributed by atoms with E-state index < -0.39 is 6.29 Å². The van der Waals surface area contributed by atoms with Crippen LogP contribution >= 0.6 is 0 Å². The summed E-state index contributed by atoms with van der Waals surface area (Å²) in [5, 5.41) is 12.5. The predicted octanol–water partition coefficient (Wildman–Crippen LogP) is 2.76. The molecule has 2 N–H and O–H groups in total. The van der Waals surface area contributed by atoms with Gasteiger partial charge in [-0.3, -0.25) is 14.3 Å². The zero-order valence-corrected chi connectivity index (χ0v) is 20.2. The van der Waals surface area contributed by atoms with E-state index >= 15 is 0 Å². The number of amides is 1. The lowest BCUT2D eigenvalue weighted by Gasteiger charge is -2.36. The molecule has 8 heteroatoms. The summed E-state index contributed by atoms with van der Waals surface area (Å²) in [6, 6.07) is 9.50. The highest BCUT2D eigenvalue weighted by molar-refractivity contribution is 5.91. The molecule has 1 aromatic heterocycles. The van der Waals surface area contributed by atoms with Crippen molar-refractivity contribution in [1.82, 2.24) is 14.7 Å². The fraction of sp³-hybridized carbons (Fsp3) is 0.538. The number of carbonyl (C=O) groups excluding carboxylic acids is 1. The fourth-order valence-electron chi connectivity index (χ4n) is 4.72. The van der Waals surface area contributed by atoms with Gasteiger partial charge in [-0.1, -0.05) is 18.2 Å². The van der Waals surface area contributed by atoms with Crippen molar-refractivity contribution < 1.29 is 19.4 Å². The molecule has 0 spiro atoms. The molecule has 2 aromatic rings. The summed E-state index contributed by atoms with van der Waals surface area (Å²) in [4.78, 5) is 26.7. The van der Waals surface area contributed by atoms with Crippen molar-refractivity contribution in [1.29, 1.82) is 0 Å². The van der Waals surface area contributed by atoms with Gasteiger partial charge in [-0.05, 0) is 63.7 Å². The predicted molar refractivity (Wildman–Crippen MR) is 129 cm³/mol. The number of aliphatic hydroxyl groups is 1. The normalized spacial score (nSPS) is 22.2. The van der Waals surface area contributed by atoms with Gasteiger partial charge >= 0.3 is 0 Å². The molecule has 34 heavy (non-hydrogen) atoms. The van der Waals surface area contributed by atoms with E-state index in [2.05, 4.69) is 5.32 Å². The smallest absolute Gasteiger partial charge is 0.286 e. The maximum Gasteiger partial charge on any atom is 0.286 e. The number of aromatic nitrogens is 2. The lowest BCUT2D eigenvalue weighted by atomic mass is 9.80. The second kappa shape index (κ2) is 10.6. The molecule has 184 valence electrons. The Bertz CT molecular complexity index is 1080. The molecule has 2 aliphatic rings. The van der Waals surface area contributed by atoms with Crippen molar-refractivity contribution in [3.05, 3.63) is 63.8 Å². The zero-order chi connectivity index (χ0) is 24.2. The number of benzene rings is 1. The quantitative estimate of drug-likeness (QED) is 0.558. The molecule has 1 aliphatic heterocycles. The minimum Gasteiger partial charge on any atom is -0.459 e. The number of para-hydroxylation sites is 1. The number of aliphatic hydroxyl groups excluding tert-OH is 1. The van der Waals surface area contributed by atoms with Crippen LogP contribution in [0.2, 0.25) is 0 Å². The summed E-state index contributed by atoms with van der Waals surface area (Å²) < 4.78 is 15.5. The fourth-order valence-corrected chi connectivity index (χ4v) is 4.72. The SMILES string of the molecule is CCO[C@@H]1OC(C(=O)NCC2CC2)=C[C@H](c2c(C)n(C)n(-c3ccccc3)c2=O)[C@H]1CCCO. The van der Waals surface area contributed by atoms with E-state index in [4.69, 9.17) is 9.47 Å². The lowest BCUT2D eigenvalue weighted by molar-refractivity contribution is -0.166. The van der Waals surface area contributed by atoms with Crippen LogP contribution in [0.5, 0.6) is 0 Å². The number of ether oxygens (including phenoxy) is 2. The summed E-state index contributed by atoms with van der Waals surface area (Å²) >= 11 is 0. The minimum absolute atomic E-state index is 0.0303. The van der Waals surface area contributed by atoms with Crippen LogP contribution < -0.4 is 10.9 Å². The minimum atomic E-state index is -0.683. The number of hydrogen-bond donors (Lipinski definition) is 2. The number of allylic oxidation sites excluding steroid dienone is 1. The summed E-state index contributed by atoms with van der Waals surface area (Å²) in [5.41, 5.74) is 2.08. The van der Waals surface area contributed by atoms with E-state index in [1.807, 2.05) is 55.9 Å². The maximum absolute atomic E-state index is 13.8. The molecule has 8 nitrogen and oxygen atoms in total. The molecule has 0 unspecified atom stereocenters. The van der Waals surface area contributed by atoms with Crippen LogP contribution in [-0.4, -0.2) is 46.4 Å². The molecular weight excluding hydrogens is 434 g/mol. The van der Waals surface area contributed by atoms with Crippen LogP contribution in [0, 0.1) is 18.8 Å². The highest BCUT2D eigenvalue weighted by Crippen LogP contribution is 2.39. The van der Waals surface area contributed by atoms with Crippen LogP contribution in [0.4, 0.5) is 0 Å². The monoisotopic (exact) mass is 469 g/mol. The second-order valence-corrected chi connectivity index (χ2v) is 9.16. The van der Waals surface area contributed by atoms with E-state index in [0.717, 1.165) is 24.2 Å². The third-order valence-corrected chi connectivity index (χ3v) is 6.82. The molecule has 1 saturated carbocycles. The Balaban J connectivity index is 1.78. The highest BCUT2D eigenvalue weighted by atomic mass is 16.7. The largest absolute Gasteiger partial charge is 0.459 e. The number of rotatable bonds is 10. The van der Waals surface area contributed by atoms with Crippen molar-refractivity contribution >= 4 is 5.91 Å². The maximum atomic E-state index is 13.8. The molecule has 1 amide bonds. The Kier molecular flexibility index (Phi) is 7.58. The third-order valence-electron chi connectivity index (χ3n) is 6.82. The van der Waals surface area contributed by atoms with Gasteiger partial charge in [0.25, 0.3) is 11.5 Å². The summed E-state index contributed by atoms with van der Waals surface area (Å²) in [6.07, 6.45) is 4.50. The molecule has 0 saturated heterocycles. The van der Waals surface area contributed by atoms with Gasteiger partial charge in [0, 0.05) is 49.9 Å². The van der Waals surface area contributed by atoms with Crippen LogP contribution in [-0.2, 0) is 21.3 Å². The van der Waals surface area contributed by atoms with E-state index in [1.165, 1.54) is 0 Å². The number of carbonyl (C=O) groups is 1. The van der Waals surface area contributed by atoms with E-state index in [-0.39, 0.29) is 35.7 Å². The molecule has 0 bridgehead atoms. The first-order chi connectivity index (χ1) is 16.5. The van der Waals surface area contributed by atoms with Gasteiger partial charge in [0.05, 0.1) is 5.69 Å². The van der Waals surface area contributed by atoms with E-state index in [9.17, 15) is 14.7 Å². The van der Waals surface area contributed by atoms with Crippen LogP contribution in [0.3, 0.4) is 0 Å². The molecule has 1 fully saturated rings. The van der Waals surface area contributed by atoms with Gasteiger partial charge in [-0.25, -0.2) is 4.68 Å². The summed E-state index contributed by atoms with van der Waals surface area (Å²) in [6.45, 7) is 4.87. The van der Waals surface area contributed by atoms with Gasteiger partial charge in [-0.2, -0.15) is 0 Å². The van der Waals surface area contributed by atoms with E-state index in [1.54, 1.807) is 10.8 Å². The molecule has 4 rings (SSSR count). The molecule has 3 atom stereocenters. The first-order valence-electron chi connectivity index (χ1n) is 12.2. The van der Waals surface area contributed by atoms with Crippen molar-refractivity contribution in [2.24, 2.45) is 18.9 Å². The zero-order valence-electron chi connectivity index (χ0n) is 20.2. The van der Waals surface area contributed by atoms with Gasteiger partial charge < -0.3 is 19.9 Å². The van der Waals surface area contributed by atoms with Gasteiger partial charge in [-0.15, -0.1) is 0 Å². The Labute approximate surface area is 200 Å².